The summed E-state index contributed by atoms with van der Waals surface area (Å²) in [5, 5.41) is 8.09. The van der Waals surface area contributed by atoms with Gasteiger partial charge in [0.2, 0.25) is 0 Å². The number of aromatic amines is 1. The van der Waals surface area contributed by atoms with Gasteiger partial charge in [0.25, 0.3) is 31.7 Å². The Balaban J connectivity index is 0.000000572. The molecule has 2 aromatic carbocycles. The second-order valence-electron chi connectivity index (χ2n) is 8.61. The number of aromatic nitrogens is 3. The molecule has 0 radical (unpaired) electrons. The molecule has 2 aromatic heterocycles. The van der Waals surface area contributed by atoms with Crippen LogP contribution in [0.3, 0.4) is 0 Å². The lowest BCUT2D eigenvalue weighted by Gasteiger charge is -2.11. The van der Waals surface area contributed by atoms with Crippen molar-refractivity contribution >= 4 is 43.6 Å². The van der Waals surface area contributed by atoms with Crippen molar-refractivity contribution < 1.29 is 30.7 Å². The summed E-state index contributed by atoms with van der Waals surface area (Å²) in [4.78, 5) is 29.2. The summed E-state index contributed by atoms with van der Waals surface area (Å²) >= 11 is 0. The average molecular weight is 598 g/mol. The Bertz CT molecular complexity index is 1900. The molecule has 5 rings (SSSR count). The van der Waals surface area contributed by atoms with Crippen LogP contribution < -0.4 is 10.6 Å². The fraction of sp³-hybridized carbons (Fsp3) is 0.0769. The van der Waals surface area contributed by atoms with Crippen molar-refractivity contribution in [3.8, 4) is 5.69 Å². The minimum Gasteiger partial charge on any atom is -0.295 e. The van der Waals surface area contributed by atoms with E-state index < -0.39 is 31.7 Å². The zero-order chi connectivity index (χ0) is 29.9. The van der Waals surface area contributed by atoms with Crippen LogP contribution in [0, 0.1) is 6.92 Å². The van der Waals surface area contributed by atoms with E-state index in [-0.39, 0.29) is 26.6 Å². The molecule has 0 aliphatic carbocycles. The first-order chi connectivity index (χ1) is 19.3. The number of carbonyl (C=O) groups excluding carboxylic acids is 1. The molecule has 0 unspecified atom stereocenters. The highest BCUT2D eigenvalue weighted by molar-refractivity contribution is 7.86. The lowest BCUT2D eigenvalue weighted by molar-refractivity contribution is -0.114. The Morgan fingerprint density at radius 1 is 0.780 bits per heavy atom. The minimum absolute atomic E-state index is 0.136. The average Bonchev–Trinajstić information content (AvgIpc) is 3.39. The van der Waals surface area contributed by atoms with E-state index in [4.69, 9.17) is 9.11 Å². The predicted octanol–water partition coefficient (Wildman–Crippen LogP) is 2.86. The van der Waals surface area contributed by atoms with Crippen molar-refractivity contribution in [3.63, 3.8) is 0 Å². The first-order valence-electron chi connectivity index (χ1n) is 11.7. The van der Waals surface area contributed by atoms with Gasteiger partial charge in [0.1, 0.15) is 0 Å². The van der Waals surface area contributed by atoms with Gasteiger partial charge in [-0.25, -0.2) is 4.68 Å². The van der Waals surface area contributed by atoms with Gasteiger partial charge >= 0.3 is 0 Å². The van der Waals surface area contributed by atoms with Crippen molar-refractivity contribution in [2.75, 3.05) is 5.01 Å². The van der Waals surface area contributed by atoms with E-state index in [0.717, 1.165) is 34.0 Å². The van der Waals surface area contributed by atoms with Gasteiger partial charge in [-0.2, -0.15) is 26.9 Å². The van der Waals surface area contributed by atoms with Gasteiger partial charge in [-0.15, -0.1) is 0 Å². The second-order valence-corrected chi connectivity index (χ2v) is 11.5. The summed E-state index contributed by atoms with van der Waals surface area (Å²) < 4.78 is 64.3. The molecule has 0 spiro atoms. The van der Waals surface area contributed by atoms with E-state index in [0.29, 0.717) is 17.1 Å². The van der Waals surface area contributed by atoms with E-state index in [1.54, 1.807) is 26.2 Å². The maximum Gasteiger partial charge on any atom is 0.294 e. The van der Waals surface area contributed by atoms with Crippen LogP contribution in [0.4, 0.5) is 5.69 Å². The van der Waals surface area contributed by atoms with Crippen LogP contribution in [0.5, 0.6) is 0 Å². The fourth-order valence-electron chi connectivity index (χ4n) is 3.75. The number of pyridine rings is 1. The van der Waals surface area contributed by atoms with Crippen LogP contribution in [0.1, 0.15) is 18.2 Å². The van der Waals surface area contributed by atoms with Gasteiger partial charge in [-0.1, -0.05) is 6.07 Å². The van der Waals surface area contributed by atoms with Gasteiger partial charge in [0.05, 0.1) is 38.0 Å². The van der Waals surface area contributed by atoms with Crippen molar-refractivity contribution in [1.29, 1.82) is 0 Å². The maximum atomic E-state index is 13.0. The number of aryl methyl sites for hydroxylation is 1. The number of hydrazone groups is 1. The van der Waals surface area contributed by atoms with Crippen molar-refractivity contribution in [2.45, 2.75) is 23.6 Å². The van der Waals surface area contributed by atoms with Crippen LogP contribution in [-0.4, -0.2) is 52.3 Å². The predicted molar refractivity (Wildman–Crippen MR) is 150 cm³/mol. The first-order valence-corrected chi connectivity index (χ1v) is 14.6. The molecule has 0 saturated heterocycles. The Morgan fingerprint density at radius 3 is 1.73 bits per heavy atom. The number of rotatable bonds is 5. The number of anilines is 1. The van der Waals surface area contributed by atoms with Crippen molar-refractivity contribution in [2.24, 2.45) is 5.10 Å². The Hall–Kier alpha value is -4.70. The van der Waals surface area contributed by atoms with E-state index >= 15 is 0 Å². The van der Waals surface area contributed by atoms with Crippen LogP contribution in [0.15, 0.2) is 104 Å². The van der Waals surface area contributed by atoms with E-state index in [1.807, 2.05) is 18.2 Å². The highest BCUT2D eigenvalue weighted by atomic mass is 32.2. The summed E-state index contributed by atoms with van der Waals surface area (Å²) in [6, 6.07) is 15.6. The van der Waals surface area contributed by atoms with Crippen molar-refractivity contribution in [3.05, 3.63) is 106 Å². The third-order valence-corrected chi connectivity index (χ3v) is 7.54. The molecule has 4 aromatic rings. The van der Waals surface area contributed by atoms with Crippen LogP contribution in [0.25, 0.3) is 11.8 Å². The SMILES string of the molecule is CC1=NN(c2ccc(S(=O)(=O)O)cc2)C(=O)/C1=C\c1c(C)[nH]n(-c2ccc(S(=O)(=O)O)cc2)c1=O.c1ccncc1. The molecule has 1 aliphatic heterocycles. The number of benzene rings is 2. The summed E-state index contributed by atoms with van der Waals surface area (Å²) in [5.74, 6) is -0.550. The van der Waals surface area contributed by atoms with E-state index in [2.05, 4.69) is 15.2 Å². The number of hydrogen-bond donors (Lipinski definition) is 3. The Labute approximate surface area is 234 Å². The Morgan fingerprint density at radius 2 is 1.29 bits per heavy atom. The normalized spacial score (nSPS) is 14.5. The highest BCUT2D eigenvalue weighted by Crippen LogP contribution is 2.26. The van der Waals surface area contributed by atoms with Gasteiger partial charge < -0.3 is 0 Å². The number of H-pyrrole nitrogens is 1. The molecule has 1 amide bonds. The van der Waals surface area contributed by atoms with E-state index in [9.17, 15) is 26.4 Å². The lowest BCUT2D eigenvalue weighted by Crippen LogP contribution is -2.22. The van der Waals surface area contributed by atoms with Gasteiger partial charge in [-0.05, 0) is 80.6 Å². The van der Waals surface area contributed by atoms with Crippen LogP contribution in [-0.2, 0) is 25.0 Å². The summed E-state index contributed by atoms with van der Waals surface area (Å²) in [6.45, 7) is 3.19. The molecule has 212 valence electrons. The summed E-state index contributed by atoms with van der Waals surface area (Å²) in [6.07, 6.45) is 4.88. The topological polar surface area (TPSA) is 192 Å². The zero-order valence-corrected chi connectivity index (χ0v) is 23.2. The molecule has 41 heavy (non-hydrogen) atoms. The van der Waals surface area contributed by atoms with Crippen LogP contribution in [0.2, 0.25) is 0 Å². The fourth-order valence-corrected chi connectivity index (χ4v) is 4.71. The molecule has 0 saturated carbocycles. The third kappa shape index (κ3) is 6.55. The van der Waals surface area contributed by atoms with Crippen LogP contribution >= 0.6 is 0 Å². The molecule has 15 heteroatoms. The second kappa shape index (κ2) is 11.4. The molecule has 3 heterocycles. The number of nitrogens with one attached hydrogen (secondary N) is 1. The molecule has 13 nitrogen and oxygen atoms in total. The Kier molecular flexibility index (Phi) is 8.16. The number of nitrogens with zero attached hydrogens (tertiary/aromatic N) is 4. The highest BCUT2D eigenvalue weighted by Gasteiger charge is 2.30. The number of hydrogen-bond acceptors (Lipinski definition) is 8. The zero-order valence-electron chi connectivity index (χ0n) is 21.5. The lowest BCUT2D eigenvalue weighted by atomic mass is 10.1. The monoisotopic (exact) mass is 597 g/mol. The van der Waals surface area contributed by atoms with E-state index in [1.165, 1.54) is 30.3 Å². The summed E-state index contributed by atoms with van der Waals surface area (Å²) in [5.41, 5.74) is 1.11. The van der Waals surface area contributed by atoms with Gasteiger partial charge in [0.15, 0.2) is 0 Å². The first kappa shape index (κ1) is 29.3. The molecule has 1 aliphatic rings. The van der Waals surface area contributed by atoms with Gasteiger partial charge in [-0.3, -0.25) is 28.8 Å². The third-order valence-electron chi connectivity index (χ3n) is 5.81. The quantitative estimate of drug-likeness (QED) is 0.229. The molecule has 3 N–H and O–H groups in total. The molecule has 0 fully saturated rings. The standard InChI is InChI=1S/C21H18N4O8S2.C5H5N/c1-12-18(20(26)24(22-12)14-3-7-16(8-4-14)34(28,29)30)11-19-13(2)23-25(21(19)27)15-5-9-17(10-6-15)35(31,32)33;1-2-4-6-5-3-1/h3-11,22H,1-2H3,(H,28,29,30)(H,31,32,33);1-5H/b19-11-;. The molecule has 0 atom stereocenters. The maximum absolute atomic E-state index is 13.0. The smallest absolute Gasteiger partial charge is 0.294 e. The number of amides is 1. The molecule has 0 bridgehead atoms. The molecular formula is C26H23N5O8S2. The van der Waals surface area contributed by atoms with Gasteiger partial charge in [0, 0.05) is 18.1 Å². The largest absolute Gasteiger partial charge is 0.295 e. The molecular weight excluding hydrogens is 574 g/mol. The minimum atomic E-state index is -4.39. The number of carbonyl (C=O) groups is 1. The summed E-state index contributed by atoms with van der Waals surface area (Å²) in [7, 11) is -8.78. The van der Waals surface area contributed by atoms with Crippen molar-refractivity contribution in [1.82, 2.24) is 14.8 Å².